The van der Waals surface area contributed by atoms with Crippen molar-refractivity contribution in [3.05, 3.63) is 88.0 Å². The van der Waals surface area contributed by atoms with Crippen LogP contribution in [-0.4, -0.2) is 31.7 Å². The number of benzene rings is 2. The van der Waals surface area contributed by atoms with Crippen molar-refractivity contribution in [3.8, 4) is 23.0 Å². The van der Waals surface area contributed by atoms with E-state index in [0.717, 1.165) is 22.4 Å². The molecule has 9 heteroatoms. The first-order valence-corrected chi connectivity index (χ1v) is 12.7. The lowest BCUT2D eigenvalue weighted by Crippen LogP contribution is -2.16. The largest absolute Gasteiger partial charge is 0.436 e. The predicted molar refractivity (Wildman–Crippen MR) is 140 cm³/mol. The van der Waals surface area contributed by atoms with Crippen LogP contribution in [0, 0.1) is 26.6 Å². The Labute approximate surface area is 218 Å². The van der Waals surface area contributed by atoms with Gasteiger partial charge in [0, 0.05) is 29.4 Å². The van der Waals surface area contributed by atoms with Crippen LogP contribution in [0.3, 0.4) is 0 Å². The molecule has 0 fully saturated rings. The van der Waals surface area contributed by atoms with E-state index in [1.165, 1.54) is 17.8 Å². The summed E-state index contributed by atoms with van der Waals surface area (Å²) in [4.78, 5) is 26.3. The Morgan fingerprint density at radius 3 is 2.68 bits per heavy atom. The highest BCUT2D eigenvalue weighted by Gasteiger charge is 2.28. The molecule has 0 saturated heterocycles. The van der Waals surface area contributed by atoms with Crippen LogP contribution in [0.5, 0.6) is 11.6 Å². The van der Waals surface area contributed by atoms with E-state index in [0.29, 0.717) is 34.0 Å². The van der Waals surface area contributed by atoms with E-state index in [9.17, 15) is 14.3 Å². The van der Waals surface area contributed by atoms with Gasteiger partial charge in [0.15, 0.2) is 11.6 Å². The van der Waals surface area contributed by atoms with E-state index in [-0.39, 0.29) is 35.5 Å². The number of hydrogen-bond donors (Lipinski definition) is 2. The number of aliphatic hydroxyl groups excluding tert-OH is 1. The van der Waals surface area contributed by atoms with Crippen LogP contribution < -0.4 is 10.1 Å². The molecule has 0 radical (unpaired) electrons. The van der Waals surface area contributed by atoms with Crippen LogP contribution >= 0.6 is 11.8 Å². The molecule has 0 unspecified atom stereocenters. The van der Waals surface area contributed by atoms with E-state index in [4.69, 9.17) is 4.74 Å². The van der Waals surface area contributed by atoms with E-state index >= 15 is 0 Å². The Kier molecular flexibility index (Phi) is 6.90. The molecule has 7 nitrogen and oxygen atoms in total. The van der Waals surface area contributed by atoms with Gasteiger partial charge in [0.05, 0.1) is 29.2 Å². The normalized spacial score (nSPS) is 11.9. The molecular formula is C28H25FN4O3S. The smallest absolute Gasteiger partial charge is 0.234 e. The lowest BCUT2D eigenvalue weighted by Gasteiger charge is -2.24. The first-order valence-electron chi connectivity index (χ1n) is 11.8. The van der Waals surface area contributed by atoms with Crippen molar-refractivity contribution in [3.63, 3.8) is 0 Å². The molecule has 1 aliphatic rings. The maximum atomic E-state index is 14.6. The summed E-state index contributed by atoms with van der Waals surface area (Å²) < 4.78 is 20.8. The summed E-state index contributed by atoms with van der Waals surface area (Å²) >= 11 is 1.23. The van der Waals surface area contributed by atoms with E-state index < -0.39 is 5.82 Å². The summed E-state index contributed by atoms with van der Waals surface area (Å²) in [5, 5.41) is 13.3. The van der Waals surface area contributed by atoms with Crippen LogP contribution in [-0.2, 0) is 17.8 Å². The molecule has 1 aliphatic heterocycles. The van der Waals surface area contributed by atoms with Gasteiger partial charge < -0.3 is 15.2 Å². The number of fused-ring (bicyclic) bond motifs is 2. The Bertz CT molecular complexity index is 1530. The quantitative estimate of drug-likeness (QED) is 0.226. The number of aryl methyl sites for hydroxylation is 3. The van der Waals surface area contributed by atoms with Crippen molar-refractivity contribution in [2.45, 2.75) is 38.8 Å². The number of aromatic nitrogens is 3. The number of pyridine rings is 1. The molecule has 37 heavy (non-hydrogen) atoms. The minimum Gasteiger partial charge on any atom is -0.436 e. The number of thioether (sulfide) groups is 1. The van der Waals surface area contributed by atoms with E-state index in [2.05, 4.69) is 20.3 Å². The third-order valence-corrected chi connectivity index (χ3v) is 7.32. The van der Waals surface area contributed by atoms with Crippen molar-refractivity contribution in [2.75, 3.05) is 11.1 Å². The van der Waals surface area contributed by atoms with Gasteiger partial charge in [-0.05, 0) is 56.2 Å². The van der Waals surface area contributed by atoms with Gasteiger partial charge in [-0.25, -0.2) is 9.37 Å². The molecule has 188 valence electrons. The number of aliphatic hydroxyl groups is 1. The number of ether oxygens (including phenoxy) is 1. The van der Waals surface area contributed by atoms with Crippen LogP contribution in [0.25, 0.3) is 11.4 Å². The maximum absolute atomic E-state index is 14.6. The van der Waals surface area contributed by atoms with Crippen molar-refractivity contribution in [2.24, 2.45) is 0 Å². The number of hydrogen-bond acceptors (Lipinski definition) is 7. The van der Waals surface area contributed by atoms with Crippen molar-refractivity contribution in [1.29, 1.82) is 0 Å². The highest BCUT2D eigenvalue weighted by atomic mass is 32.2. The zero-order chi connectivity index (χ0) is 26.1. The fourth-order valence-electron chi connectivity index (χ4n) is 4.13. The Morgan fingerprint density at radius 2 is 1.92 bits per heavy atom. The first-order chi connectivity index (χ1) is 17.8. The molecule has 1 amide bonds. The van der Waals surface area contributed by atoms with Crippen LogP contribution in [0.15, 0.2) is 53.7 Å². The summed E-state index contributed by atoms with van der Waals surface area (Å²) in [7, 11) is 0. The summed E-state index contributed by atoms with van der Waals surface area (Å²) in [5.41, 5.74) is 5.97. The average Bonchev–Trinajstić information content (AvgIpc) is 2.89. The predicted octanol–water partition coefficient (Wildman–Crippen LogP) is 5.52. The molecule has 3 heterocycles. The molecule has 0 bridgehead atoms. The van der Waals surface area contributed by atoms with Crippen LogP contribution in [0.2, 0.25) is 0 Å². The molecule has 0 atom stereocenters. The maximum Gasteiger partial charge on any atom is 0.234 e. The number of nitrogens with zero attached hydrogens (tertiary/aromatic N) is 3. The van der Waals surface area contributed by atoms with E-state index in [1.807, 2.05) is 39.0 Å². The van der Waals surface area contributed by atoms with Gasteiger partial charge in [0.25, 0.3) is 0 Å². The fourth-order valence-corrected chi connectivity index (χ4v) is 4.95. The molecule has 2 aromatic carbocycles. The summed E-state index contributed by atoms with van der Waals surface area (Å²) in [6, 6.07) is 12.0. The Morgan fingerprint density at radius 1 is 1.11 bits per heavy atom. The van der Waals surface area contributed by atoms with Crippen molar-refractivity contribution >= 4 is 23.4 Å². The number of carbonyl (C=O) groups is 1. The molecule has 2 N–H and O–H groups in total. The van der Waals surface area contributed by atoms with Gasteiger partial charge in [-0.2, -0.15) is 4.98 Å². The SMILES string of the molecule is Cc1ccc(NC(=O)CSc2nc(-c3ccccc3F)nc3c2Cc2c(CO)cnc(C)c2O3)cc1C. The molecule has 2 aromatic heterocycles. The second-order valence-electron chi connectivity index (χ2n) is 8.87. The zero-order valence-corrected chi connectivity index (χ0v) is 21.4. The lowest BCUT2D eigenvalue weighted by molar-refractivity contribution is -0.113. The van der Waals surface area contributed by atoms with Gasteiger partial charge in [0.2, 0.25) is 11.8 Å². The number of amides is 1. The number of halogens is 1. The van der Waals surface area contributed by atoms with Crippen LogP contribution in [0.1, 0.15) is 33.5 Å². The van der Waals surface area contributed by atoms with Gasteiger partial charge in [-0.1, -0.05) is 30.0 Å². The number of carbonyl (C=O) groups excluding carboxylic acids is 1. The molecular weight excluding hydrogens is 491 g/mol. The zero-order valence-electron chi connectivity index (χ0n) is 20.6. The monoisotopic (exact) mass is 516 g/mol. The fraction of sp³-hybridized carbons (Fsp3) is 0.214. The van der Waals surface area contributed by atoms with Crippen LogP contribution in [0.4, 0.5) is 10.1 Å². The third-order valence-electron chi connectivity index (χ3n) is 6.30. The topological polar surface area (TPSA) is 97.2 Å². The molecule has 0 aliphatic carbocycles. The highest BCUT2D eigenvalue weighted by molar-refractivity contribution is 8.00. The molecule has 5 rings (SSSR count). The molecule has 0 saturated carbocycles. The minimum atomic E-state index is -0.456. The Hall–Kier alpha value is -3.82. The number of anilines is 1. The first kappa shape index (κ1) is 24.9. The lowest BCUT2D eigenvalue weighted by atomic mass is 9.99. The number of rotatable bonds is 6. The van der Waals surface area contributed by atoms with Gasteiger partial charge in [0.1, 0.15) is 10.8 Å². The molecule has 0 spiro atoms. The second-order valence-corrected chi connectivity index (χ2v) is 9.83. The van der Waals surface area contributed by atoms with Gasteiger partial charge >= 0.3 is 0 Å². The third kappa shape index (κ3) is 5.05. The summed E-state index contributed by atoms with van der Waals surface area (Å²) in [6.07, 6.45) is 2.02. The number of nitrogens with one attached hydrogen (secondary N) is 1. The van der Waals surface area contributed by atoms with Crippen molar-refractivity contribution in [1.82, 2.24) is 15.0 Å². The minimum absolute atomic E-state index is 0.0855. The van der Waals surface area contributed by atoms with Gasteiger partial charge in [-0.15, -0.1) is 0 Å². The highest BCUT2D eigenvalue weighted by Crippen LogP contribution is 2.42. The van der Waals surface area contributed by atoms with Crippen molar-refractivity contribution < 1.29 is 19.0 Å². The molecule has 4 aromatic rings. The van der Waals surface area contributed by atoms with E-state index in [1.54, 1.807) is 24.4 Å². The standard InChI is InChI=1S/C28H25FN4O3S/c1-15-8-9-19(10-16(15)2)31-24(35)14-37-28-22-11-21-18(13-34)12-30-17(3)25(21)36-27(22)32-26(33-28)20-6-4-5-7-23(20)29/h4-10,12,34H,11,13-14H2,1-3H3,(H,31,35). The van der Waals surface area contributed by atoms with Gasteiger partial charge in [-0.3, -0.25) is 9.78 Å². The Balaban J connectivity index is 1.49. The summed E-state index contributed by atoms with van der Waals surface area (Å²) in [5.74, 6) is 0.422. The summed E-state index contributed by atoms with van der Waals surface area (Å²) in [6.45, 7) is 5.63. The average molecular weight is 517 g/mol. The second kappa shape index (κ2) is 10.3.